The van der Waals surface area contributed by atoms with Crippen LogP contribution in [0.5, 0.6) is 0 Å². The molecule has 0 atom stereocenters. The molecule has 138 valence electrons. The van der Waals surface area contributed by atoms with Gasteiger partial charge in [0.05, 0.1) is 6.54 Å². The Morgan fingerprint density at radius 2 is 2.12 bits per heavy atom. The summed E-state index contributed by atoms with van der Waals surface area (Å²) in [6.07, 6.45) is 2.48. The van der Waals surface area contributed by atoms with Crippen molar-refractivity contribution in [1.29, 1.82) is 0 Å². The Bertz CT molecular complexity index is 803. The molecule has 7 heteroatoms. The van der Waals surface area contributed by atoms with Crippen molar-refractivity contribution in [2.75, 3.05) is 5.73 Å². The van der Waals surface area contributed by atoms with Crippen LogP contribution < -0.4 is 5.73 Å². The molecule has 1 aliphatic rings. The number of hydrogen-bond donors (Lipinski definition) is 1. The third-order valence-electron chi connectivity index (χ3n) is 4.27. The van der Waals surface area contributed by atoms with Crippen LogP contribution in [-0.2, 0) is 13.0 Å². The maximum atomic E-state index is 14.2. The zero-order valence-corrected chi connectivity index (χ0v) is 15.6. The van der Waals surface area contributed by atoms with Crippen molar-refractivity contribution in [1.82, 2.24) is 14.9 Å². The molecule has 1 aromatic heterocycles. The van der Waals surface area contributed by atoms with Gasteiger partial charge in [0.1, 0.15) is 11.5 Å². The maximum Gasteiger partial charge on any atom is 0.273 e. The molecule has 3 rings (SSSR count). The van der Waals surface area contributed by atoms with E-state index in [2.05, 4.69) is 23.8 Å². The van der Waals surface area contributed by atoms with Crippen LogP contribution in [0.15, 0.2) is 24.3 Å². The lowest BCUT2D eigenvalue weighted by molar-refractivity contribution is 0.0722. The minimum Gasteiger partial charge on any atom is -0.368 e. The van der Waals surface area contributed by atoms with Gasteiger partial charge in [-0.1, -0.05) is 31.5 Å². The summed E-state index contributed by atoms with van der Waals surface area (Å²) in [6, 6.07) is 6.27. The smallest absolute Gasteiger partial charge is 0.273 e. The van der Waals surface area contributed by atoms with Crippen molar-refractivity contribution in [2.45, 2.75) is 45.7 Å². The van der Waals surface area contributed by atoms with Crippen molar-refractivity contribution >= 4 is 23.5 Å². The molecule has 1 amide bonds. The molecule has 26 heavy (non-hydrogen) atoms. The van der Waals surface area contributed by atoms with Crippen LogP contribution in [0.2, 0.25) is 5.02 Å². The van der Waals surface area contributed by atoms with E-state index < -0.39 is 5.82 Å². The molecule has 0 bridgehead atoms. The number of carbonyl (C=O) groups is 1. The Hall–Kier alpha value is -2.21. The van der Waals surface area contributed by atoms with Gasteiger partial charge in [0.2, 0.25) is 5.95 Å². The number of anilines is 1. The molecule has 0 unspecified atom stereocenters. The number of aromatic nitrogens is 2. The molecule has 1 aliphatic carbocycles. The summed E-state index contributed by atoms with van der Waals surface area (Å²) in [7, 11) is 0. The lowest BCUT2D eigenvalue weighted by atomic mass is 10.1. The molecule has 2 N–H and O–H groups in total. The second-order valence-electron chi connectivity index (χ2n) is 7.07. The molecule has 1 saturated carbocycles. The van der Waals surface area contributed by atoms with Crippen molar-refractivity contribution in [3.05, 3.63) is 52.1 Å². The van der Waals surface area contributed by atoms with Gasteiger partial charge in [-0.3, -0.25) is 4.79 Å². The first-order valence-corrected chi connectivity index (χ1v) is 9.10. The lowest BCUT2D eigenvalue weighted by Gasteiger charge is -2.23. The standard InChI is InChI=1S/C19H22ClFN4O/c1-11(2)8-12-9-17(24-19(22)23-12)18(26)25(13-6-7-13)10-14-15(20)4-3-5-16(14)21/h3-5,9,11,13H,6-8,10H2,1-2H3,(H2,22,23,24). The van der Waals surface area contributed by atoms with E-state index in [0.717, 1.165) is 18.5 Å². The molecule has 1 heterocycles. The quantitative estimate of drug-likeness (QED) is 0.831. The molecular formula is C19H22ClFN4O. The lowest BCUT2D eigenvalue weighted by Crippen LogP contribution is -2.34. The molecule has 5 nitrogen and oxygen atoms in total. The number of rotatable bonds is 6. The molecule has 0 saturated heterocycles. The highest BCUT2D eigenvalue weighted by Crippen LogP contribution is 2.32. The summed E-state index contributed by atoms with van der Waals surface area (Å²) in [5.41, 5.74) is 7.08. The zero-order valence-electron chi connectivity index (χ0n) is 14.9. The normalized spacial score (nSPS) is 13.9. The fourth-order valence-electron chi connectivity index (χ4n) is 2.90. The first kappa shape index (κ1) is 18.6. The van der Waals surface area contributed by atoms with Gasteiger partial charge in [-0.25, -0.2) is 14.4 Å². The van der Waals surface area contributed by atoms with Gasteiger partial charge in [0, 0.05) is 22.3 Å². The Kier molecular flexibility index (Phi) is 5.41. The van der Waals surface area contributed by atoms with Gasteiger partial charge in [0.25, 0.3) is 5.91 Å². The van der Waals surface area contributed by atoms with E-state index in [4.69, 9.17) is 17.3 Å². The Morgan fingerprint density at radius 1 is 1.38 bits per heavy atom. The zero-order chi connectivity index (χ0) is 18.8. The third kappa shape index (κ3) is 4.30. The molecule has 1 fully saturated rings. The Morgan fingerprint density at radius 3 is 2.73 bits per heavy atom. The minimum absolute atomic E-state index is 0.0721. The molecule has 1 aromatic carbocycles. The highest BCUT2D eigenvalue weighted by atomic mass is 35.5. The van der Waals surface area contributed by atoms with Gasteiger partial charge in [-0.2, -0.15) is 0 Å². The summed E-state index contributed by atoms with van der Waals surface area (Å²) in [4.78, 5) is 23.0. The van der Waals surface area contributed by atoms with Gasteiger partial charge in [-0.05, 0) is 43.4 Å². The van der Waals surface area contributed by atoms with E-state index in [1.54, 1.807) is 23.1 Å². The highest BCUT2D eigenvalue weighted by molar-refractivity contribution is 6.31. The first-order valence-electron chi connectivity index (χ1n) is 8.72. The van der Waals surface area contributed by atoms with Crippen LogP contribution in [-0.4, -0.2) is 26.8 Å². The summed E-state index contributed by atoms with van der Waals surface area (Å²) in [6.45, 7) is 4.24. The molecule has 0 spiro atoms. The third-order valence-corrected chi connectivity index (χ3v) is 4.63. The summed E-state index contributed by atoms with van der Waals surface area (Å²) in [5, 5.41) is 0.311. The predicted molar refractivity (Wildman–Crippen MR) is 99.3 cm³/mol. The first-order chi connectivity index (χ1) is 12.3. The van der Waals surface area contributed by atoms with E-state index in [1.165, 1.54) is 6.07 Å². The van der Waals surface area contributed by atoms with Crippen molar-refractivity contribution in [3.8, 4) is 0 Å². The molecule has 0 aliphatic heterocycles. The van der Waals surface area contributed by atoms with Crippen LogP contribution in [0.25, 0.3) is 0 Å². The fourth-order valence-corrected chi connectivity index (χ4v) is 3.13. The summed E-state index contributed by atoms with van der Waals surface area (Å²) >= 11 is 6.13. The van der Waals surface area contributed by atoms with Gasteiger partial charge < -0.3 is 10.6 Å². The van der Waals surface area contributed by atoms with E-state index in [9.17, 15) is 9.18 Å². The number of nitrogens with two attached hydrogens (primary N) is 1. The topological polar surface area (TPSA) is 72.1 Å². The van der Waals surface area contributed by atoms with Crippen molar-refractivity contribution in [2.24, 2.45) is 5.92 Å². The van der Waals surface area contributed by atoms with Crippen LogP contribution in [0.4, 0.5) is 10.3 Å². The maximum absolute atomic E-state index is 14.2. The second-order valence-corrected chi connectivity index (χ2v) is 7.47. The second kappa shape index (κ2) is 7.58. The van der Waals surface area contributed by atoms with E-state index in [-0.39, 0.29) is 30.1 Å². The van der Waals surface area contributed by atoms with Crippen molar-refractivity contribution < 1.29 is 9.18 Å². The largest absolute Gasteiger partial charge is 0.368 e. The molecule has 2 aromatic rings. The number of halogens is 2. The van der Waals surface area contributed by atoms with Crippen LogP contribution in [0, 0.1) is 11.7 Å². The van der Waals surface area contributed by atoms with Crippen LogP contribution in [0.3, 0.4) is 0 Å². The Balaban J connectivity index is 1.89. The summed E-state index contributed by atoms with van der Waals surface area (Å²) in [5.74, 6) is -0.236. The number of carbonyl (C=O) groups excluding carboxylic acids is 1. The monoisotopic (exact) mass is 376 g/mol. The number of nitrogen functional groups attached to an aromatic ring is 1. The SMILES string of the molecule is CC(C)Cc1cc(C(=O)N(Cc2c(F)cccc2Cl)C2CC2)nc(N)n1. The minimum atomic E-state index is -0.418. The van der Waals surface area contributed by atoms with Crippen LogP contribution in [0.1, 0.15) is 48.4 Å². The predicted octanol–water partition coefficient (Wildman–Crippen LogP) is 3.85. The number of nitrogens with zero attached hydrogens (tertiary/aromatic N) is 3. The fraction of sp³-hybridized carbons (Fsp3) is 0.421. The van der Waals surface area contributed by atoms with Crippen molar-refractivity contribution in [3.63, 3.8) is 0 Å². The molecule has 0 radical (unpaired) electrons. The Labute approximate surface area is 157 Å². The number of hydrogen-bond acceptors (Lipinski definition) is 4. The average Bonchev–Trinajstić information content (AvgIpc) is 3.37. The van der Waals surface area contributed by atoms with Gasteiger partial charge in [-0.15, -0.1) is 0 Å². The van der Waals surface area contributed by atoms with E-state index >= 15 is 0 Å². The van der Waals surface area contributed by atoms with E-state index in [1.807, 2.05) is 0 Å². The highest BCUT2D eigenvalue weighted by Gasteiger charge is 2.34. The number of benzene rings is 1. The average molecular weight is 377 g/mol. The summed E-state index contributed by atoms with van der Waals surface area (Å²) < 4.78 is 14.2. The van der Waals surface area contributed by atoms with Crippen LogP contribution >= 0.6 is 11.6 Å². The number of amides is 1. The van der Waals surface area contributed by atoms with Gasteiger partial charge >= 0.3 is 0 Å². The van der Waals surface area contributed by atoms with E-state index in [0.29, 0.717) is 22.9 Å². The van der Waals surface area contributed by atoms with Gasteiger partial charge in [0.15, 0.2) is 0 Å². The molecular weight excluding hydrogens is 355 g/mol.